The summed E-state index contributed by atoms with van der Waals surface area (Å²) < 4.78 is 11.3. The average Bonchev–Trinajstić information content (AvgIpc) is 2.65. The fourth-order valence-corrected chi connectivity index (χ4v) is 2.40. The number of carbonyl (C=O) groups is 1. The lowest BCUT2D eigenvalue weighted by atomic mass is 10.2. The zero-order valence-electron chi connectivity index (χ0n) is 14.6. The number of nitrogens with one attached hydrogen (secondary N) is 1. The molecule has 0 saturated carbocycles. The molecule has 4 nitrogen and oxygen atoms in total. The maximum Gasteiger partial charge on any atom is 0.261 e. The lowest BCUT2D eigenvalue weighted by Gasteiger charge is -2.17. The lowest BCUT2D eigenvalue weighted by Crippen LogP contribution is -2.39. The molecule has 1 amide bonds. The first kappa shape index (κ1) is 19.1. The molecular formula is C20H24ClNO3. The van der Waals surface area contributed by atoms with Crippen LogP contribution in [0.15, 0.2) is 48.5 Å². The van der Waals surface area contributed by atoms with Crippen LogP contribution in [0.25, 0.3) is 0 Å². The second-order valence-corrected chi connectivity index (χ2v) is 6.04. The van der Waals surface area contributed by atoms with Crippen molar-refractivity contribution >= 4 is 17.5 Å². The zero-order valence-corrected chi connectivity index (χ0v) is 15.4. The van der Waals surface area contributed by atoms with Gasteiger partial charge in [0.05, 0.1) is 6.54 Å². The van der Waals surface area contributed by atoms with Crippen molar-refractivity contribution in [3.8, 4) is 11.5 Å². The number of benzene rings is 2. The Balaban J connectivity index is 1.74. The van der Waals surface area contributed by atoms with Gasteiger partial charge < -0.3 is 14.8 Å². The molecule has 1 atom stereocenters. The fourth-order valence-electron chi connectivity index (χ4n) is 2.28. The van der Waals surface area contributed by atoms with E-state index in [0.717, 1.165) is 12.2 Å². The van der Waals surface area contributed by atoms with E-state index in [1.807, 2.05) is 31.2 Å². The standard InChI is InChI=1S/C20H24ClNO3/c1-3-15-5-9-17(10-6-15)24-14-13-22-20(23)19(4-2)25-18-11-7-16(21)8-12-18/h5-12,19H,3-4,13-14H2,1-2H3,(H,22,23). The van der Waals surface area contributed by atoms with Crippen LogP contribution in [-0.4, -0.2) is 25.2 Å². The highest BCUT2D eigenvalue weighted by atomic mass is 35.5. The number of rotatable bonds is 9. The topological polar surface area (TPSA) is 47.6 Å². The van der Waals surface area contributed by atoms with Gasteiger partial charge >= 0.3 is 0 Å². The van der Waals surface area contributed by atoms with Crippen LogP contribution >= 0.6 is 11.6 Å². The molecule has 0 bridgehead atoms. The first-order valence-corrected chi connectivity index (χ1v) is 8.91. The van der Waals surface area contributed by atoms with Gasteiger partial charge in [0, 0.05) is 5.02 Å². The van der Waals surface area contributed by atoms with Crippen molar-refractivity contribution in [2.45, 2.75) is 32.8 Å². The van der Waals surface area contributed by atoms with Crippen LogP contribution in [0.5, 0.6) is 11.5 Å². The molecule has 0 aliphatic heterocycles. The van der Waals surface area contributed by atoms with Gasteiger partial charge in [-0.15, -0.1) is 0 Å². The number of halogens is 1. The molecule has 0 heterocycles. The third kappa shape index (κ3) is 6.31. The summed E-state index contributed by atoms with van der Waals surface area (Å²) in [5.74, 6) is 1.27. The van der Waals surface area contributed by atoms with Crippen molar-refractivity contribution in [3.63, 3.8) is 0 Å². The fraction of sp³-hybridized carbons (Fsp3) is 0.350. The average molecular weight is 362 g/mol. The van der Waals surface area contributed by atoms with Gasteiger partial charge in [0.2, 0.25) is 0 Å². The minimum Gasteiger partial charge on any atom is -0.492 e. The molecule has 25 heavy (non-hydrogen) atoms. The van der Waals surface area contributed by atoms with Crippen LogP contribution in [-0.2, 0) is 11.2 Å². The van der Waals surface area contributed by atoms with Gasteiger partial charge in [-0.3, -0.25) is 4.79 Å². The molecule has 5 heteroatoms. The van der Waals surface area contributed by atoms with E-state index >= 15 is 0 Å². The zero-order chi connectivity index (χ0) is 18.1. The smallest absolute Gasteiger partial charge is 0.261 e. The maximum absolute atomic E-state index is 12.2. The van der Waals surface area contributed by atoms with E-state index in [4.69, 9.17) is 21.1 Å². The Bertz CT molecular complexity index is 656. The van der Waals surface area contributed by atoms with Gasteiger partial charge in [-0.2, -0.15) is 0 Å². The molecule has 0 aliphatic rings. The van der Waals surface area contributed by atoms with Crippen LogP contribution in [0.3, 0.4) is 0 Å². The number of aryl methyl sites for hydroxylation is 1. The Hall–Kier alpha value is -2.20. The molecule has 2 aromatic carbocycles. The molecule has 0 radical (unpaired) electrons. The van der Waals surface area contributed by atoms with Crippen molar-refractivity contribution in [3.05, 3.63) is 59.1 Å². The minimum atomic E-state index is -0.537. The van der Waals surface area contributed by atoms with Crippen LogP contribution in [0.4, 0.5) is 0 Å². The minimum absolute atomic E-state index is 0.151. The monoisotopic (exact) mass is 361 g/mol. The second-order valence-electron chi connectivity index (χ2n) is 5.61. The highest BCUT2D eigenvalue weighted by Gasteiger charge is 2.17. The summed E-state index contributed by atoms with van der Waals surface area (Å²) in [5, 5.41) is 3.48. The van der Waals surface area contributed by atoms with Crippen LogP contribution in [0, 0.1) is 0 Å². The summed E-state index contributed by atoms with van der Waals surface area (Å²) in [6, 6.07) is 14.9. The summed E-state index contributed by atoms with van der Waals surface area (Å²) in [6.07, 6.45) is 1.04. The van der Waals surface area contributed by atoms with Crippen LogP contribution in [0.2, 0.25) is 5.02 Å². The molecule has 2 rings (SSSR count). The normalized spacial score (nSPS) is 11.6. The van der Waals surface area contributed by atoms with Crippen molar-refractivity contribution in [1.29, 1.82) is 0 Å². The van der Waals surface area contributed by atoms with Crippen LogP contribution in [0.1, 0.15) is 25.8 Å². The first-order valence-electron chi connectivity index (χ1n) is 8.54. The van der Waals surface area contributed by atoms with Gasteiger partial charge in [-0.05, 0) is 54.8 Å². The van der Waals surface area contributed by atoms with E-state index in [9.17, 15) is 4.79 Å². The third-order valence-corrected chi connectivity index (χ3v) is 4.01. The highest BCUT2D eigenvalue weighted by molar-refractivity contribution is 6.30. The molecular weight excluding hydrogens is 338 g/mol. The van der Waals surface area contributed by atoms with Crippen molar-refractivity contribution < 1.29 is 14.3 Å². The number of carbonyl (C=O) groups excluding carboxylic acids is 1. The SMILES string of the molecule is CCc1ccc(OCCNC(=O)C(CC)Oc2ccc(Cl)cc2)cc1. The molecule has 0 fully saturated rings. The molecule has 1 N–H and O–H groups in total. The van der Waals surface area contributed by atoms with E-state index in [0.29, 0.717) is 30.3 Å². The molecule has 134 valence electrons. The van der Waals surface area contributed by atoms with Gasteiger partial charge in [0.1, 0.15) is 18.1 Å². The highest BCUT2D eigenvalue weighted by Crippen LogP contribution is 2.17. The van der Waals surface area contributed by atoms with Crippen molar-refractivity contribution in [2.24, 2.45) is 0 Å². The summed E-state index contributed by atoms with van der Waals surface area (Å²) in [7, 11) is 0. The van der Waals surface area contributed by atoms with E-state index in [2.05, 4.69) is 12.2 Å². The third-order valence-electron chi connectivity index (χ3n) is 3.76. The van der Waals surface area contributed by atoms with Crippen LogP contribution < -0.4 is 14.8 Å². The Morgan fingerprint density at radius 1 is 1.04 bits per heavy atom. The Morgan fingerprint density at radius 2 is 1.68 bits per heavy atom. The largest absolute Gasteiger partial charge is 0.492 e. The van der Waals surface area contributed by atoms with E-state index in [-0.39, 0.29) is 5.91 Å². The molecule has 0 aliphatic carbocycles. The predicted octanol–water partition coefficient (Wildman–Crippen LogP) is 4.26. The summed E-state index contributed by atoms with van der Waals surface area (Å²) in [6.45, 7) is 4.86. The Labute approximate surface area is 154 Å². The second kappa shape index (κ2) is 9.94. The van der Waals surface area contributed by atoms with Gasteiger partial charge in [0.15, 0.2) is 6.10 Å². The van der Waals surface area contributed by atoms with E-state index in [1.54, 1.807) is 24.3 Å². The van der Waals surface area contributed by atoms with Gasteiger partial charge in [-0.25, -0.2) is 0 Å². The summed E-state index contributed by atoms with van der Waals surface area (Å²) in [5.41, 5.74) is 1.27. The Kier molecular flexibility index (Phi) is 7.61. The summed E-state index contributed by atoms with van der Waals surface area (Å²) >= 11 is 5.85. The van der Waals surface area contributed by atoms with Crippen molar-refractivity contribution in [1.82, 2.24) is 5.32 Å². The molecule has 2 aromatic rings. The molecule has 0 spiro atoms. The van der Waals surface area contributed by atoms with Gasteiger partial charge in [0.25, 0.3) is 5.91 Å². The number of hydrogen-bond donors (Lipinski definition) is 1. The molecule has 0 aromatic heterocycles. The van der Waals surface area contributed by atoms with Crippen molar-refractivity contribution in [2.75, 3.05) is 13.2 Å². The number of amides is 1. The lowest BCUT2D eigenvalue weighted by molar-refractivity contribution is -0.128. The van der Waals surface area contributed by atoms with E-state index in [1.165, 1.54) is 5.56 Å². The number of ether oxygens (including phenoxy) is 2. The molecule has 1 unspecified atom stereocenters. The van der Waals surface area contributed by atoms with E-state index < -0.39 is 6.10 Å². The Morgan fingerprint density at radius 3 is 2.28 bits per heavy atom. The molecule has 0 saturated heterocycles. The predicted molar refractivity (Wildman–Crippen MR) is 100 cm³/mol. The van der Waals surface area contributed by atoms with Gasteiger partial charge in [-0.1, -0.05) is 37.6 Å². The first-order chi connectivity index (χ1) is 12.1. The number of hydrogen-bond acceptors (Lipinski definition) is 3. The maximum atomic E-state index is 12.2. The quantitative estimate of drug-likeness (QED) is 0.679. The summed E-state index contributed by atoms with van der Waals surface area (Å²) in [4.78, 5) is 12.2.